The van der Waals surface area contributed by atoms with Crippen molar-refractivity contribution in [3.63, 3.8) is 0 Å². The summed E-state index contributed by atoms with van der Waals surface area (Å²) in [6.45, 7) is 1.96. The molecule has 31 heavy (non-hydrogen) atoms. The topological polar surface area (TPSA) is 82.1 Å². The van der Waals surface area contributed by atoms with Gasteiger partial charge in [0, 0.05) is 6.07 Å². The fraction of sp³-hybridized carbons (Fsp3) is 0.412. The van der Waals surface area contributed by atoms with Gasteiger partial charge in [-0.15, -0.1) is 0 Å². The van der Waals surface area contributed by atoms with Crippen LogP contribution in [0.2, 0.25) is 0 Å². The minimum absolute atomic E-state index is 0.231. The molecule has 0 saturated heterocycles. The fourth-order valence-corrected chi connectivity index (χ4v) is 2.07. The van der Waals surface area contributed by atoms with Crippen LogP contribution in [0.5, 0.6) is 11.5 Å². The van der Waals surface area contributed by atoms with Gasteiger partial charge in [-0.1, -0.05) is 23.2 Å². The highest BCUT2D eigenvalue weighted by Gasteiger charge is 2.44. The molecule has 2 atom stereocenters. The third kappa shape index (κ3) is 6.82. The predicted molar refractivity (Wildman–Crippen MR) is 96.0 cm³/mol. The Morgan fingerprint density at radius 3 is 2.03 bits per heavy atom. The number of hydrogen-bond donors (Lipinski definition) is 1. The maximum atomic E-state index is 13.7. The minimum atomic E-state index is -4.77. The second kappa shape index (κ2) is 10.3. The molecule has 0 aliphatic carbocycles. The zero-order valence-corrected chi connectivity index (χ0v) is 17.1. The van der Waals surface area contributed by atoms with Gasteiger partial charge in [-0.25, -0.2) is 13.6 Å². The van der Waals surface area contributed by atoms with E-state index < -0.39 is 63.6 Å². The number of Topliss-reactive ketones (excluding diaryl/α,β-unsaturated/α-hetero) is 1. The first-order valence-electron chi connectivity index (χ1n) is 8.09. The lowest BCUT2D eigenvalue weighted by atomic mass is 10.0. The van der Waals surface area contributed by atoms with Gasteiger partial charge in [-0.3, -0.25) is 4.79 Å². The number of alkyl halides is 8. The Morgan fingerprint density at radius 1 is 1.06 bits per heavy atom. The maximum Gasteiger partial charge on any atom is 0.444 e. The van der Waals surface area contributed by atoms with Crippen molar-refractivity contribution in [2.24, 2.45) is 0 Å². The van der Waals surface area contributed by atoms with Gasteiger partial charge in [0.2, 0.25) is 0 Å². The zero-order chi connectivity index (χ0) is 24.1. The smallest absolute Gasteiger partial charge is 0.444 e. The number of carbonyl (C=O) groups excluding carboxylic acids is 2. The van der Waals surface area contributed by atoms with Crippen LogP contribution in [-0.2, 0) is 14.3 Å². The Morgan fingerprint density at radius 2 is 1.58 bits per heavy atom. The minimum Gasteiger partial charge on any atom is -0.506 e. The lowest BCUT2D eigenvalue weighted by Gasteiger charge is -2.22. The molecule has 2 unspecified atom stereocenters. The number of ketones is 1. The molecule has 0 aromatic heterocycles. The number of ether oxygens (including phenoxy) is 3. The number of aliphatic hydroxyl groups excluding tert-OH is 1. The summed E-state index contributed by atoms with van der Waals surface area (Å²) in [6.07, 6.45) is -9.39. The third-order valence-corrected chi connectivity index (χ3v) is 3.79. The summed E-state index contributed by atoms with van der Waals surface area (Å²) < 4.78 is 92.3. The number of halogens is 8. The summed E-state index contributed by atoms with van der Waals surface area (Å²) in [5.41, 5.74) is -8.64. The Bertz CT molecular complexity index is 860. The van der Waals surface area contributed by atoms with E-state index >= 15 is 0 Å². The molecule has 14 heteroatoms. The molecule has 0 bridgehead atoms. The quantitative estimate of drug-likeness (QED) is 0.0916. The highest BCUT2D eigenvalue weighted by atomic mass is 35.5. The van der Waals surface area contributed by atoms with Crippen molar-refractivity contribution in [3.8, 4) is 11.5 Å². The highest BCUT2D eigenvalue weighted by molar-refractivity contribution is 6.21. The molecule has 0 aliphatic rings. The van der Waals surface area contributed by atoms with Crippen molar-refractivity contribution in [3.05, 3.63) is 29.3 Å². The van der Waals surface area contributed by atoms with E-state index in [9.17, 15) is 41.0 Å². The molecule has 1 aromatic rings. The summed E-state index contributed by atoms with van der Waals surface area (Å²) in [4.78, 5) is 23.7. The summed E-state index contributed by atoms with van der Waals surface area (Å²) in [5, 5.41) is 10.3. The zero-order valence-electron chi connectivity index (χ0n) is 15.6. The lowest BCUT2D eigenvalue weighted by Crippen LogP contribution is -2.34. The Hall–Kier alpha value is -2.34. The van der Waals surface area contributed by atoms with Gasteiger partial charge in [-0.05, 0) is 26.0 Å². The second-order valence-electron chi connectivity index (χ2n) is 5.59. The maximum absolute atomic E-state index is 13.7. The van der Waals surface area contributed by atoms with Crippen LogP contribution in [0.3, 0.4) is 0 Å². The van der Waals surface area contributed by atoms with Gasteiger partial charge < -0.3 is 19.3 Å². The van der Waals surface area contributed by atoms with Crippen LogP contribution >= 0.6 is 23.2 Å². The number of carbonyl (C=O) groups is 2. The molecular formula is C17H14Cl2F6O6. The SMILES string of the molecule is CCOC(=O)/C(C(C)=O)=C(\O)c1ccc(OC(F)(F)C(F)Cl)cc1OC(F)(F)C(F)Cl. The number of aliphatic hydroxyl groups is 1. The van der Waals surface area contributed by atoms with E-state index in [1.165, 1.54) is 6.92 Å². The van der Waals surface area contributed by atoms with Gasteiger partial charge in [0.15, 0.2) is 5.78 Å². The molecule has 0 fully saturated rings. The van der Waals surface area contributed by atoms with Gasteiger partial charge >= 0.3 is 18.2 Å². The Kier molecular flexibility index (Phi) is 8.88. The normalized spacial score (nSPS) is 14.9. The average Bonchev–Trinajstić information content (AvgIpc) is 2.60. The monoisotopic (exact) mass is 498 g/mol. The largest absolute Gasteiger partial charge is 0.506 e. The van der Waals surface area contributed by atoms with Crippen molar-refractivity contribution < 1.29 is 55.2 Å². The van der Waals surface area contributed by atoms with Crippen LogP contribution in [0.15, 0.2) is 23.8 Å². The van der Waals surface area contributed by atoms with Crippen molar-refractivity contribution in [2.75, 3.05) is 6.61 Å². The van der Waals surface area contributed by atoms with Crippen molar-refractivity contribution >= 4 is 40.7 Å². The van der Waals surface area contributed by atoms with Crippen LogP contribution in [0.25, 0.3) is 5.76 Å². The third-order valence-electron chi connectivity index (χ3n) is 3.28. The molecule has 6 nitrogen and oxygen atoms in total. The van der Waals surface area contributed by atoms with E-state index in [-0.39, 0.29) is 12.7 Å². The Labute approximate surface area is 181 Å². The predicted octanol–water partition coefficient (Wildman–Crippen LogP) is 5.12. The summed E-state index contributed by atoms with van der Waals surface area (Å²) in [5.74, 6) is -5.95. The average molecular weight is 499 g/mol. The summed E-state index contributed by atoms with van der Waals surface area (Å²) in [7, 11) is 0. The molecule has 174 valence electrons. The van der Waals surface area contributed by atoms with E-state index in [0.29, 0.717) is 12.1 Å². The standard InChI is InChI=1S/C17H14Cl2F6O6/c1-3-29-13(28)11(7(2)26)12(27)9-5-4-8(30-16(22,23)14(18)20)6-10(9)31-17(24,25)15(19)21/h4-6,14-15,27H,3H2,1-2H3/b12-11-. The molecule has 0 heterocycles. The van der Waals surface area contributed by atoms with Crippen LogP contribution in [-0.4, -0.2) is 46.9 Å². The molecule has 1 aromatic carbocycles. The van der Waals surface area contributed by atoms with Gasteiger partial charge in [0.05, 0.1) is 12.2 Å². The number of rotatable bonds is 10. The lowest BCUT2D eigenvalue weighted by molar-refractivity contribution is -0.202. The van der Waals surface area contributed by atoms with Gasteiger partial charge in [0.25, 0.3) is 11.3 Å². The molecule has 0 radical (unpaired) electrons. The van der Waals surface area contributed by atoms with E-state index in [2.05, 4.69) is 37.4 Å². The van der Waals surface area contributed by atoms with Crippen LogP contribution in [0, 0.1) is 0 Å². The molecule has 0 aliphatic heterocycles. The molecular weight excluding hydrogens is 485 g/mol. The molecule has 0 saturated carbocycles. The van der Waals surface area contributed by atoms with Crippen molar-refractivity contribution in [2.45, 2.75) is 37.3 Å². The first-order valence-corrected chi connectivity index (χ1v) is 8.97. The Balaban J connectivity index is 3.66. The highest BCUT2D eigenvalue weighted by Crippen LogP contribution is 2.38. The van der Waals surface area contributed by atoms with Gasteiger partial charge in [-0.2, -0.15) is 17.6 Å². The molecule has 1 N–H and O–H groups in total. The van der Waals surface area contributed by atoms with E-state index in [4.69, 9.17) is 0 Å². The first kappa shape index (κ1) is 26.7. The number of hydrogen-bond acceptors (Lipinski definition) is 6. The summed E-state index contributed by atoms with van der Waals surface area (Å²) >= 11 is 9.31. The van der Waals surface area contributed by atoms with Gasteiger partial charge in [0.1, 0.15) is 22.8 Å². The van der Waals surface area contributed by atoms with E-state index in [1.54, 1.807) is 0 Å². The van der Waals surface area contributed by atoms with Crippen molar-refractivity contribution in [1.82, 2.24) is 0 Å². The molecule has 0 spiro atoms. The second-order valence-corrected chi connectivity index (χ2v) is 6.35. The first-order chi connectivity index (χ1) is 14.1. The van der Waals surface area contributed by atoms with Crippen LogP contribution in [0.4, 0.5) is 26.3 Å². The van der Waals surface area contributed by atoms with Crippen LogP contribution < -0.4 is 9.47 Å². The fourth-order valence-electron chi connectivity index (χ4n) is 1.98. The van der Waals surface area contributed by atoms with E-state index in [1.807, 2.05) is 0 Å². The number of esters is 1. The van der Waals surface area contributed by atoms with Crippen molar-refractivity contribution in [1.29, 1.82) is 0 Å². The van der Waals surface area contributed by atoms with E-state index in [0.717, 1.165) is 6.92 Å². The number of benzene rings is 1. The molecule has 0 amide bonds. The molecule has 1 rings (SSSR count). The summed E-state index contributed by atoms with van der Waals surface area (Å²) in [6, 6.07) is 1.48. The van der Waals surface area contributed by atoms with Crippen LogP contribution in [0.1, 0.15) is 19.4 Å².